The first kappa shape index (κ1) is 15.9. The molecule has 26 heavy (non-hydrogen) atoms. The Balaban J connectivity index is 1.38. The molecule has 1 aromatic carbocycles. The molecule has 0 saturated carbocycles. The van der Waals surface area contributed by atoms with Gasteiger partial charge in [0.15, 0.2) is 0 Å². The van der Waals surface area contributed by atoms with Crippen LogP contribution in [0.15, 0.2) is 64.5 Å². The molecule has 5 rings (SSSR count). The average molecular weight is 399 g/mol. The molecular formula is C18H11ClN4OS2. The van der Waals surface area contributed by atoms with Gasteiger partial charge in [0.25, 0.3) is 11.1 Å². The molecule has 8 heteroatoms. The smallest absolute Gasteiger partial charge is 0.277 e. The molecule has 5 aromatic rings. The molecule has 0 aliphatic rings. The lowest BCUT2D eigenvalue weighted by Crippen LogP contribution is -1.79. The van der Waals surface area contributed by atoms with Gasteiger partial charge in [-0.3, -0.25) is 0 Å². The molecule has 0 aliphatic heterocycles. The zero-order valence-electron chi connectivity index (χ0n) is 13.3. The zero-order chi connectivity index (χ0) is 17.5. The van der Waals surface area contributed by atoms with Crippen molar-refractivity contribution < 1.29 is 4.42 Å². The summed E-state index contributed by atoms with van der Waals surface area (Å²) >= 11 is 9.50. The van der Waals surface area contributed by atoms with Gasteiger partial charge in [0.2, 0.25) is 0 Å². The molecule has 0 bridgehead atoms. The van der Waals surface area contributed by atoms with Crippen molar-refractivity contribution in [2.45, 2.75) is 11.0 Å². The van der Waals surface area contributed by atoms with Crippen LogP contribution < -0.4 is 0 Å². The molecule has 128 valence electrons. The summed E-state index contributed by atoms with van der Waals surface area (Å²) in [6.07, 6.45) is 3.98. The van der Waals surface area contributed by atoms with Crippen molar-refractivity contribution >= 4 is 50.4 Å². The van der Waals surface area contributed by atoms with Gasteiger partial charge in [-0.1, -0.05) is 47.6 Å². The Morgan fingerprint density at radius 1 is 1.12 bits per heavy atom. The third-order valence-electron chi connectivity index (χ3n) is 3.89. The van der Waals surface area contributed by atoms with Gasteiger partial charge in [0.1, 0.15) is 10.5 Å². The van der Waals surface area contributed by atoms with E-state index in [1.165, 1.54) is 11.8 Å². The zero-order valence-corrected chi connectivity index (χ0v) is 15.7. The lowest BCUT2D eigenvalue weighted by Gasteiger charge is -1.92. The number of nitrogens with zero attached hydrogens (tertiary/aromatic N) is 4. The Kier molecular flexibility index (Phi) is 3.92. The van der Waals surface area contributed by atoms with Crippen LogP contribution in [0.25, 0.3) is 26.5 Å². The summed E-state index contributed by atoms with van der Waals surface area (Å²) in [6.45, 7) is 0. The normalized spacial score (nSPS) is 11.6. The van der Waals surface area contributed by atoms with Gasteiger partial charge in [-0.25, -0.2) is 4.98 Å². The van der Waals surface area contributed by atoms with Crippen LogP contribution >= 0.6 is 34.7 Å². The molecule has 0 radical (unpaired) electrons. The number of thioether (sulfide) groups is 1. The number of thiophene rings is 1. The minimum Gasteiger partial charge on any atom is -0.410 e. The fraction of sp³-hybridized carbons (Fsp3) is 0.0556. The van der Waals surface area contributed by atoms with Crippen molar-refractivity contribution in [3.8, 4) is 10.8 Å². The second-order valence-corrected chi connectivity index (χ2v) is 7.96. The maximum atomic E-state index is 6.48. The van der Waals surface area contributed by atoms with E-state index >= 15 is 0 Å². The second-order valence-electron chi connectivity index (χ2n) is 5.60. The van der Waals surface area contributed by atoms with Crippen LogP contribution in [0.5, 0.6) is 0 Å². The van der Waals surface area contributed by atoms with E-state index in [2.05, 4.69) is 15.2 Å². The van der Waals surface area contributed by atoms with Crippen molar-refractivity contribution in [3.63, 3.8) is 0 Å². The molecule has 0 aliphatic carbocycles. The van der Waals surface area contributed by atoms with E-state index in [0.29, 0.717) is 21.9 Å². The fourth-order valence-corrected chi connectivity index (χ4v) is 4.78. The van der Waals surface area contributed by atoms with Crippen LogP contribution in [0.3, 0.4) is 0 Å². The summed E-state index contributed by atoms with van der Waals surface area (Å²) in [7, 11) is 0. The van der Waals surface area contributed by atoms with Gasteiger partial charge in [-0.2, -0.15) is 0 Å². The molecule has 0 N–H and O–H groups in total. The molecule has 0 atom stereocenters. The first-order valence-corrected chi connectivity index (χ1v) is 10.0. The minimum absolute atomic E-state index is 0.453. The quantitative estimate of drug-likeness (QED) is 0.372. The molecular weight excluding hydrogens is 388 g/mol. The second kappa shape index (κ2) is 6.42. The molecule has 0 fully saturated rings. The lowest BCUT2D eigenvalue weighted by atomic mass is 10.2. The number of benzene rings is 1. The van der Waals surface area contributed by atoms with Crippen molar-refractivity contribution in [2.24, 2.45) is 0 Å². The molecule has 0 amide bonds. The predicted octanol–water partition coefficient (Wildman–Crippen LogP) is 5.54. The Labute approximate surface area is 161 Å². The number of hydrogen-bond acceptors (Lipinski definition) is 6. The van der Waals surface area contributed by atoms with Gasteiger partial charge < -0.3 is 8.82 Å². The first-order valence-electron chi connectivity index (χ1n) is 7.84. The van der Waals surface area contributed by atoms with Crippen LogP contribution in [-0.2, 0) is 5.75 Å². The van der Waals surface area contributed by atoms with Gasteiger partial charge in [-0.05, 0) is 18.2 Å². The van der Waals surface area contributed by atoms with Crippen molar-refractivity contribution in [3.05, 3.63) is 65.6 Å². The summed E-state index contributed by atoms with van der Waals surface area (Å²) in [5.41, 5.74) is 1.88. The maximum Gasteiger partial charge on any atom is 0.277 e. The van der Waals surface area contributed by atoms with Crippen molar-refractivity contribution in [1.29, 1.82) is 0 Å². The van der Waals surface area contributed by atoms with E-state index in [1.54, 1.807) is 11.3 Å². The summed E-state index contributed by atoms with van der Waals surface area (Å²) < 4.78 is 8.90. The highest BCUT2D eigenvalue weighted by Crippen LogP contribution is 2.41. The number of hydrogen-bond donors (Lipinski definition) is 0. The number of aromatic nitrogens is 4. The summed E-state index contributed by atoms with van der Waals surface area (Å²) in [6, 6.07) is 13.9. The Morgan fingerprint density at radius 2 is 2.00 bits per heavy atom. The SMILES string of the molecule is Clc1c(-c2nnc(SCc3cn4ccccc4n3)o2)sc2ccccc12. The van der Waals surface area contributed by atoms with E-state index in [9.17, 15) is 0 Å². The highest BCUT2D eigenvalue weighted by Gasteiger charge is 2.18. The average Bonchev–Trinajstić information content (AvgIpc) is 3.37. The molecule has 0 saturated heterocycles. The Hall–Kier alpha value is -2.35. The summed E-state index contributed by atoms with van der Waals surface area (Å²) in [4.78, 5) is 5.37. The molecule has 4 heterocycles. The van der Waals surface area contributed by atoms with Crippen LogP contribution in [0.4, 0.5) is 0 Å². The van der Waals surface area contributed by atoms with E-state index in [-0.39, 0.29) is 0 Å². The van der Waals surface area contributed by atoms with E-state index < -0.39 is 0 Å². The highest BCUT2D eigenvalue weighted by molar-refractivity contribution is 7.98. The topological polar surface area (TPSA) is 56.2 Å². The largest absolute Gasteiger partial charge is 0.410 e. The van der Waals surface area contributed by atoms with Gasteiger partial charge >= 0.3 is 0 Å². The van der Waals surface area contributed by atoms with E-state index in [0.717, 1.165) is 26.3 Å². The van der Waals surface area contributed by atoms with Gasteiger partial charge in [-0.15, -0.1) is 21.5 Å². The number of halogens is 1. The van der Waals surface area contributed by atoms with Crippen LogP contribution in [0.2, 0.25) is 5.02 Å². The standard InChI is InChI=1S/C18H11ClN4OS2/c19-15-12-5-1-2-6-13(12)26-16(15)17-21-22-18(24-17)25-10-11-9-23-8-4-3-7-14(23)20-11/h1-9H,10H2. The summed E-state index contributed by atoms with van der Waals surface area (Å²) in [5, 5.41) is 10.5. The Bertz CT molecular complexity index is 1190. The molecule has 0 unspecified atom stereocenters. The first-order chi connectivity index (χ1) is 12.8. The summed E-state index contributed by atoms with van der Waals surface area (Å²) in [5.74, 6) is 1.11. The number of pyridine rings is 1. The van der Waals surface area contributed by atoms with E-state index in [1.807, 2.05) is 59.3 Å². The third kappa shape index (κ3) is 2.78. The highest BCUT2D eigenvalue weighted by atomic mass is 35.5. The number of rotatable bonds is 4. The monoisotopic (exact) mass is 398 g/mol. The van der Waals surface area contributed by atoms with Crippen LogP contribution in [-0.4, -0.2) is 19.6 Å². The van der Waals surface area contributed by atoms with Gasteiger partial charge in [0.05, 0.1) is 10.7 Å². The van der Waals surface area contributed by atoms with Crippen molar-refractivity contribution in [1.82, 2.24) is 19.6 Å². The lowest BCUT2D eigenvalue weighted by molar-refractivity contribution is 0.466. The number of imidazole rings is 1. The molecule has 4 aromatic heterocycles. The number of fused-ring (bicyclic) bond motifs is 2. The van der Waals surface area contributed by atoms with Crippen LogP contribution in [0.1, 0.15) is 5.69 Å². The van der Waals surface area contributed by atoms with Gasteiger partial charge in [0, 0.05) is 28.2 Å². The molecule has 0 spiro atoms. The van der Waals surface area contributed by atoms with E-state index in [4.69, 9.17) is 16.0 Å². The molecule has 5 nitrogen and oxygen atoms in total. The minimum atomic E-state index is 0.453. The third-order valence-corrected chi connectivity index (χ3v) is 6.41. The maximum absolute atomic E-state index is 6.48. The fourth-order valence-electron chi connectivity index (χ4n) is 2.70. The predicted molar refractivity (Wildman–Crippen MR) is 105 cm³/mol. The Morgan fingerprint density at radius 3 is 2.88 bits per heavy atom. The van der Waals surface area contributed by atoms with Crippen LogP contribution in [0, 0.1) is 0 Å². The van der Waals surface area contributed by atoms with Crippen molar-refractivity contribution in [2.75, 3.05) is 0 Å².